The van der Waals surface area contributed by atoms with Crippen molar-refractivity contribution >= 4 is 44.2 Å². The molecule has 0 radical (unpaired) electrons. The van der Waals surface area contributed by atoms with E-state index in [1.807, 2.05) is 0 Å². The number of unbranched alkanes of at least 4 members (excludes halogenated alkanes) is 2. The third-order valence-electron chi connectivity index (χ3n) is 4.62. The van der Waals surface area contributed by atoms with Crippen LogP contribution in [0.3, 0.4) is 0 Å². The molecule has 31 heavy (non-hydrogen) atoms. The number of carbonyl (C=O) groups is 1. The average Bonchev–Trinajstić information content (AvgIpc) is 2.74. The number of primary amides is 1. The number of aromatic nitrogens is 2. The van der Waals surface area contributed by atoms with E-state index >= 15 is 0 Å². The monoisotopic (exact) mass is 491 g/mol. The summed E-state index contributed by atoms with van der Waals surface area (Å²) in [7, 11) is 1.53. The highest BCUT2D eigenvalue weighted by Gasteiger charge is 2.18. The molecule has 0 aliphatic rings. The molecular formula is C21H23BrFN5O3. The third kappa shape index (κ3) is 5.59. The number of hydrogen-bond donors (Lipinski definition) is 2. The number of carbonyl (C=O) groups excluding carboxylic acids is 1. The van der Waals surface area contributed by atoms with E-state index in [0.717, 1.165) is 19.3 Å². The molecule has 4 N–H and O–H groups in total. The molecule has 0 bridgehead atoms. The number of ether oxygens (including phenoxy) is 2. The number of methoxy groups -OCH3 is 1. The van der Waals surface area contributed by atoms with Gasteiger partial charge in [-0.15, -0.1) is 0 Å². The molecule has 8 nitrogen and oxygen atoms in total. The number of rotatable bonds is 10. The minimum atomic E-state index is -0.494. The number of fused-ring (bicyclic) bond motifs is 1. The van der Waals surface area contributed by atoms with Crippen LogP contribution in [-0.2, 0) is 4.79 Å². The second-order valence-electron chi connectivity index (χ2n) is 6.81. The van der Waals surface area contributed by atoms with Gasteiger partial charge in [-0.1, -0.05) is 15.9 Å². The summed E-state index contributed by atoms with van der Waals surface area (Å²) in [4.78, 5) is 19.3. The molecule has 0 aliphatic carbocycles. The lowest BCUT2D eigenvalue weighted by molar-refractivity contribution is -0.118. The maximum atomic E-state index is 14.4. The van der Waals surface area contributed by atoms with Gasteiger partial charge in [0.15, 0.2) is 17.3 Å². The number of nitrogens with two attached hydrogens (primary N) is 2. The van der Waals surface area contributed by atoms with Gasteiger partial charge < -0.3 is 15.2 Å². The van der Waals surface area contributed by atoms with Gasteiger partial charge in [-0.2, -0.15) is 0 Å². The summed E-state index contributed by atoms with van der Waals surface area (Å²) in [6.07, 6.45) is 4.04. The van der Waals surface area contributed by atoms with Crippen molar-refractivity contribution in [2.75, 3.05) is 18.7 Å². The van der Waals surface area contributed by atoms with Crippen LogP contribution in [0.4, 0.5) is 15.9 Å². The van der Waals surface area contributed by atoms with Crippen LogP contribution in [0.1, 0.15) is 25.7 Å². The second kappa shape index (κ2) is 10.4. The lowest BCUT2D eigenvalue weighted by atomic mass is 10.2. The number of amides is 1. The van der Waals surface area contributed by atoms with Crippen molar-refractivity contribution in [3.05, 3.63) is 46.9 Å². The molecule has 1 heterocycles. The lowest BCUT2D eigenvalue weighted by Gasteiger charge is -2.20. The lowest BCUT2D eigenvalue weighted by Crippen LogP contribution is -2.27. The fourth-order valence-corrected chi connectivity index (χ4v) is 3.40. The fraction of sp³-hybridized carbons (Fsp3) is 0.286. The van der Waals surface area contributed by atoms with Crippen molar-refractivity contribution in [1.82, 2.24) is 9.97 Å². The summed E-state index contributed by atoms with van der Waals surface area (Å²) in [6, 6.07) is 8.02. The normalized spacial score (nSPS) is 10.8. The number of halogens is 2. The zero-order valence-corrected chi connectivity index (χ0v) is 18.6. The van der Waals surface area contributed by atoms with Gasteiger partial charge in [0.2, 0.25) is 5.91 Å². The quantitative estimate of drug-likeness (QED) is 0.250. The molecule has 0 spiro atoms. The molecule has 3 rings (SSSR count). The molecule has 0 saturated carbocycles. The molecule has 0 unspecified atom stereocenters. The van der Waals surface area contributed by atoms with Crippen molar-refractivity contribution < 1.29 is 18.7 Å². The Kier molecular flexibility index (Phi) is 7.59. The van der Waals surface area contributed by atoms with Crippen molar-refractivity contribution in [3.63, 3.8) is 0 Å². The van der Waals surface area contributed by atoms with Crippen molar-refractivity contribution in [3.8, 4) is 11.5 Å². The Balaban J connectivity index is 1.83. The van der Waals surface area contributed by atoms with E-state index in [2.05, 4.69) is 25.9 Å². The van der Waals surface area contributed by atoms with Crippen LogP contribution >= 0.6 is 15.9 Å². The van der Waals surface area contributed by atoms with E-state index in [1.165, 1.54) is 24.5 Å². The molecule has 2 aromatic carbocycles. The van der Waals surface area contributed by atoms with Crippen LogP contribution in [0, 0.1) is 5.82 Å². The van der Waals surface area contributed by atoms with E-state index in [9.17, 15) is 9.18 Å². The molecule has 3 aromatic rings. The molecule has 1 amide bonds. The summed E-state index contributed by atoms with van der Waals surface area (Å²) >= 11 is 3.23. The summed E-state index contributed by atoms with van der Waals surface area (Å²) in [5.41, 5.74) is 5.88. The first kappa shape index (κ1) is 22.7. The summed E-state index contributed by atoms with van der Waals surface area (Å²) in [5, 5.41) is 1.75. The Hall–Kier alpha value is -2.98. The largest absolute Gasteiger partial charge is 0.493 e. The Morgan fingerprint density at radius 3 is 2.68 bits per heavy atom. The summed E-state index contributed by atoms with van der Waals surface area (Å²) < 4.78 is 26.3. The number of hydrazine groups is 1. The number of anilines is 2. The van der Waals surface area contributed by atoms with Crippen molar-refractivity contribution in [2.45, 2.75) is 25.7 Å². The van der Waals surface area contributed by atoms with Gasteiger partial charge in [-0.25, -0.2) is 20.2 Å². The zero-order valence-electron chi connectivity index (χ0n) is 17.0. The van der Waals surface area contributed by atoms with Crippen LogP contribution < -0.4 is 26.1 Å². The maximum Gasteiger partial charge on any atom is 0.217 e. The highest BCUT2D eigenvalue weighted by Crippen LogP contribution is 2.36. The predicted molar refractivity (Wildman–Crippen MR) is 120 cm³/mol. The average molecular weight is 492 g/mol. The minimum absolute atomic E-state index is 0.165. The molecule has 0 aliphatic heterocycles. The molecule has 0 fully saturated rings. The smallest absolute Gasteiger partial charge is 0.217 e. The van der Waals surface area contributed by atoms with E-state index in [-0.39, 0.29) is 11.6 Å². The van der Waals surface area contributed by atoms with Gasteiger partial charge in [0, 0.05) is 22.3 Å². The van der Waals surface area contributed by atoms with Gasteiger partial charge in [-0.3, -0.25) is 9.80 Å². The van der Waals surface area contributed by atoms with Crippen LogP contribution in [0.5, 0.6) is 11.5 Å². The van der Waals surface area contributed by atoms with Crippen LogP contribution in [0.15, 0.2) is 41.1 Å². The van der Waals surface area contributed by atoms with E-state index in [0.29, 0.717) is 45.7 Å². The standard InChI is InChI=1S/C21H23BrFN5O3/c1-30-18-10-14-16(11-19(18)31-8-4-2-3-5-20(24)29)26-12-27-21(14)28(25)17-7-6-13(22)9-15(17)23/h6-7,9-12H,2-5,8,25H2,1H3,(H2,24,29). The topological polar surface area (TPSA) is 117 Å². The second-order valence-corrected chi connectivity index (χ2v) is 7.72. The van der Waals surface area contributed by atoms with E-state index in [4.69, 9.17) is 21.1 Å². The fourth-order valence-electron chi connectivity index (χ4n) is 3.07. The van der Waals surface area contributed by atoms with E-state index in [1.54, 1.807) is 24.3 Å². The first-order valence-corrected chi connectivity index (χ1v) is 10.4. The third-order valence-corrected chi connectivity index (χ3v) is 5.12. The molecule has 10 heteroatoms. The van der Waals surface area contributed by atoms with Crippen LogP contribution in [-0.4, -0.2) is 29.6 Å². The highest BCUT2D eigenvalue weighted by atomic mass is 79.9. The van der Waals surface area contributed by atoms with Gasteiger partial charge in [0.05, 0.1) is 24.9 Å². The summed E-state index contributed by atoms with van der Waals surface area (Å²) in [5.74, 6) is 6.72. The molecule has 0 saturated heterocycles. The maximum absolute atomic E-state index is 14.4. The number of nitrogens with zero attached hydrogens (tertiary/aromatic N) is 3. The van der Waals surface area contributed by atoms with Gasteiger partial charge >= 0.3 is 0 Å². The summed E-state index contributed by atoms with van der Waals surface area (Å²) in [6.45, 7) is 0.450. The Morgan fingerprint density at radius 1 is 1.16 bits per heavy atom. The number of hydrogen-bond acceptors (Lipinski definition) is 7. The molecular weight excluding hydrogens is 469 g/mol. The van der Waals surface area contributed by atoms with E-state index < -0.39 is 5.82 Å². The Bertz CT molecular complexity index is 1080. The molecule has 164 valence electrons. The van der Waals surface area contributed by atoms with Crippen molar-refractivity contribution in [2.24, 2.45) is 11.6 Å². The Morgan fingerprint density at radius 2 is 1.97 bits per heavy atom. The van der Waals surface area contributed by atoms with Gasteiger partial charge in [-0.05, 0) is 43.5 Å². The van der Waals surface area contributed by atoms with Gasteiger partial charge in [0.25, 0.3) is 0 Å². The predicted octanol–water partition coefficient (Wildman–Crippen LogP) is 3.98. The SMILES string of the molecule is COc1cc2c(N(N)c3ccc(Br)cc3F)ncnc2cc1OCCCCCC(N)=O. The first-order valence-electron chi connectivity index (χ1n) is 9.64. The first-order chi connectivity index (χ1) is 14.9. The molecule has 1 aromatic heterocycles. The Labute approximate surface area is 187 Å². The minimum Gasteiger partial charge on any atom is -0.493 e. The highest BCUT2D eigenvalue weighted by molar-refractivity contribution is 9.10. The van der Waals surface area contributed by atoms with Crippen LogP contribution in [0.2, 0.25) is 0 Å². The molecule has 0 atom stereocenters. The van der Waals surface area contributed by atoms with Crippen molar-refractivity contribution in [1.29, 1.82) is 0 Å². The zero-order chi connectivity index (χ0) is 22.4. The van der Waals surface area contributed by atoms with Gasteiger partial charge in [0.1, 0.15) is 12.1 Å². The number of benzene rings is 2. The van der Waals surface area contributed by atoms with Crippen LogP contribution in [0.25, 0.3) is 10.9 Å².